The average Bonchev–Trinajstić information content (AvgIpc) is 3.08. The maximum atomic E-state index is 13.2. The molecule has 3 rings (SSSR count). The first-order valence-corrected chi connectivity index (χ1v) is 7.57. The van der Waals surface area contributed by atoms with Crippen LogP contribution in [0.2, 0.25) is 0 Å². The summed E-state index contributed by atoms with van der Waals surface area (Å²) in [5.41, 5.74) is 1.42. The molecule has 25 heavy (non-hydrogen) atoms. The van der Waals surface area contributed by atoms with E-state index in [9.17, 15) is 9.18 Å². The zero-order chi connectivity index (χ0) is 17.6. The van der Waals surface area contributed by atoms with Crippen molar-refractivity contribution in [1.82, 2.24) is 25.5 Å². The molecule has 0 saturated carbocycles. The van der Waals surface area contributed by atoms with E-state index in [1.54, 1.807) is 19.2 Å². The zero-order valence-electron chi connectivity index (χ0n) is 13.5. The molecular formula is C17H16FN5O2. The van der Waals surface area contributed by atoms with Gasteiger partial charge >= 0.3 is 0 Å². The summed E-state index contributed by atoms with van der Waals surface area (Å²) in [5, 5.41) is 14.5. The van der Waals surface area contributed by atoms with E-state index < -0.39 is 0 Å². The lowest BCUT2D eigenvalue weighted by Gasteiger charge is -2.06. The van der Waals surface area contributed by atoms with Crippen LogP contribution in [0.1, 0.15) is 5.56 Å². The second kappa shape index (κ2) is 7.52. The smallest absolute Gasteiger partial charge is 0.243 e. The van der Waals surface area contributed by atoms with Crippen molar-refractivity contribution in [3.63, 3.8) is 0 Å². The van der Waals surface area contributed by atoms with E-state index in [2.05, 4.69) is 20.7 Å². The first-order valence-electron chi connectivity index (χ1n) is 7.57. The molecular weight excluding hydrogens is 325 g/mol. The van der Waals surface area contributed by atoms with Crippen LogP contribution in [0.3, 0.4) is 0 Å². The highest BCUT2D eigenvalue weighted by atomic mass is 19.1. The lowest BCUT2D eigenvalue weighted by Crippen LogP contribution is -2.28. The maximum Gasteiger partial charge on any atom is 0.243 e. The lowest BCUT2D eigenvalue weighted by atomic mass is 10.2. The molecule has 0 bridgehead atoms. The SMILES string of the molecule is COc1cccc(CNC(=O)Cn2nnc(-c3cccc(F)c3)n2)c1. The molecule has 1 N–H and O–H groups in total. The number of tetrazole rings is 1. The minimum Gasteiger partial charge on any atom is -0.497 e. The Morgan fingerprint density at radius 2 is 2.08 bits per heavy atom. The van der Waals surface area contributed by atoms with Crippen LogP contribution >= 0.6 is 0 Å². The molecule has 7 nitrogen and oxygen atoms in total. The molecule has 0 aliphatic rings. The Bertz CT molecular complexity index is 881. The topological polar surface area (TPSA) is 81.9 Å². The van der Waals surface area contributed by atoms with Gasteiger partial charge in [-0.15, -0.1) is 10.2 Å². The van der Waals surface area contributed by atoms with E-state index in [1.807, 2.05) is 24.3 Å². The first-order chi connectivity index (χ1) is 12.1. The molecule has 1 aromatic heterocycles. The lowest BCUT2D eigenvalue weighted by molar-refractivity contribution is -0.122. The minimum absolute atomic E-state index is 0.0771. The number of ether oxygens (including phenoxy) is 1. The van der Waals surface area contributed by atoms with Crippen LogP contribution in [-0.2, 0) is 17.9 Å². The van der Waals surface area contributed by atoms with Gasteiger partial charge in [0.1, 0.15) is 18.1 Å². The zero-order valence-corrected chi connectivity index (χ0v) is 13.5. The number of aromatic nitrogens is 4. The number of benzene rings is 2. The van der Waals surface area contributed by atoms with Gasteiger partial charge in [0.2, 0.25) is 11.7 Å². The molecule has 0 saturated heterocycles. The number of carbonyl (C=O) groups is 1. The number of carbonyl (C=O) groups excluding carboxylic acids is 1. The van der Waals surface area contributed by atoms with Crippen molar-refractivity contribution in [2.75, 3.05) is 7.11 Å². The van der Waals surface area contributed by atoms with Crippen LogP contribution < -0.4 is 10.1 Å². The summed E-state index contributed by atoms with van der Waals surface area (Å²) in [5.74, 6) is 0.348. The molecule has 1 heterocycles. The number of hydrogen-bond acceptors (Lipinski definition) is 5. The van der Waals surface area contributed by atoms with Gasteiger partial charge in [0, 0.05) is 12.1 Å². The number of nitrogens with one attached hydrogen (secondary N) is 1. The number of nitrogens with zero attached hydrogens (tertiary/aromatic N) is 4. The normalized spacial score (nSPS) is 10.5. The fourth-order valence-electron chi connectivity index (χ4n) is 2.22. The van der Waals surface area contributed by atoms with E-state index in [-0.39, 0.29) is 24.1 Å². The average molecular weight is 341 g/mol. The van der Waals surface area contributed by atoms with Gasteiger partial charge in [0.25, 0.3) is 0 Å². The Hall–Kier alpha value is -3.29. The van der Waals surface area contributed by atoms with Gasteiger partial charge < -0.3 is 10.1 Å². The van der Waals surface area contributed by atoms with Gasteiger partial charge in [-0.1, -0.05) is 24.3 Å². The highest BCUT2D eigenvalue weighted by Gasteiger charge is 2.10. The molecule has 128 valence electrons. The highest BCUT2D eigenvalue weighted by Crippen LogP contribution is 2.14. The summed E-state index contributed by atoms with van der Waals surface area (Å²) in [6, 6.07) is 13.3. The standard InChI is InChI=1S/C17H16FN5O2/c1-25-15-7-2-4-12(8-15)10-19-16(24)11-23-21-17(20-22-23)13-5-3-6-14(18)9-13/h2-9H,10-11H2,1H3,(H,19,24). The highest BCUT2D eigenvalue weighted by molar-refractivity contribution is 5.75. The Morgan fingerprint density at radius 3 is 2.88 bits per heavy atom. The maximum absolute atomic E-state index is 13.2. The molecule has 0 atom stereocenters. The van der Waals surface area contributed by atoms with Crippen molar-refractivity contribution >= 4 is 5.91 Å². The largest absolute Gasteiger partial charge is 0.497 e. The fraction of sp³-hybridized carbons (Fsp3) is 0.176. The molecule has 1 amide bonds. The molecule has 0 fully saturated rings. The van der Waals surface area contributed by atoms with Crippen molar-refractivity contribution in [3.05, 3.63) is 59.9 Å². The van der Waals surface area contributed by atoms with Crippen molar-refractivity contribution in [2.24, 2.45) is 0 Å². The van der Waals surface area contributed by atoms with Crippen LogP contribution in [0.4, 0.5) is 4.39 Å². The van der Waals surface area contributed by atoms with Crippen LogP contribution in [-0.4, -0.2) is 33.2 Å². The summed E-state index contributed by atoms with van der Waals surface area (Å²) < 4.78 is 18.4. The Balaban J connectivity index is 1.58. The predicted octanol–water partition coefficient (Wildman–Crippen LogP) is 1.80. The van der Waals surface area contributed by atoms with E-state index in [1.165, 1.54) is 16.9 Å². The summed E-state index contributed by atoms with van der Waals surface area (Å²) >= 11 is 0. The van der Waals surface area contributed by atoms with E-state index in [0.29, 0.717) is 12.1 Å². The third kappa shape index (κ3) is 4.37. The molecule has 0 aliphatic heterocycles. The van der Waals surface area contributed by atoms with Crippen molar-refractivity contribution in [3.8, 4) is 17.1 Å². The van der Waals surface area contributed by atoms with Gasteiger partial charge in [-0.05, 0) is 35.0 Å². The molecule has 3 aromatic rings. The summed E-state index contributed by atoms with van der Waals surface area (Å²) in [7, 11) is 1.59. The van der Waals surface area contributed by atoms with Gasteiger partial charge in [-0.25, -0.2) is 4.39 Å². The third-order valence-electron chi connectivity index (χ3n) is 3.44. The summed E-state index contributed by atoms with van der Waals surface area (Å²) in [4.78, 5) is 13.2. The van der Waals surface area contributed by atoms with Crippen LogP contribution in [0.25, 0.3) is 11.4 Å². The van der Waals surface area contributed by atoms with Crippen molar-refractivity contribution in [2.45, 2.75) is 13.1 Å². The second-order valence-corrected chi connectivity index (χ2v) is 5.28. The number of rotatable bonds is 6. The van der Waals surface area contributed by atoms with Crippen molar-refractivity contribution in [1.29, 1.82) is 0 Å². The monoisotopic (exact) mass is 341 g/mol. The summed E-state index contributed by atoms with van der Waals surface area (Å²) in [6.45, 7) is 0.285. The van der Waals surface area contributed by atoms with Gasteiger partial charge in [0.05, 0.1) is 7.11 Å². The Labute approximate surface area is 143 Å². The van der Waals surface area contributed by atoms with Gasteiger partial charge in [-0.2, -0.15) is 4.80 Å². The summed E-state index contributed by atoms with van der Waals surface area (Å²) in [6.07, 6.45) is 0. The van der Waals surface area contributed by atoms with Crippen molar-refractivity contribution < 1.29 is 13.9 Å². The molecule has 0 aliphatic carbocycles. The van der Waals surface area contributed by atoms with E-state index in [0.717, 1.165) is 11.3 Å². The van der Waals surface area contributed by atoms with E-state index >= 15 is 0 Å². The van der Waals surface area contributed by atoms with Gasteiger partial charge in [-0.3, -0.25) is 4.79 Å². The second-order valence-electron chi connectivity index (χ2n) is 5.28. The molecule has 0 spiro atoms. The number of halogens is 1. The Kier molecular flexibility index (Phi) is 4.98. The van der Waals surface area contributed by atoms with Crippen LogP contribution in [0.15, 0.2) is 48.5 Å². The molecule has 0 radical (unpaired) electrons. The number of hydrogen-bond donors (Lipinski definition) is 1. The van der Waals surface area contributed by atoms with E-state index in [4.69, 9.17) is 4.74 Å². The number of amides is 1. The molecule has 8 heteroatoms. The van der Waals surface area contributed by atoms with Crippen LogP contribution in [0.5, 0.6) is 5.75 Å². The Morgan fingerprint density at radius 1 is 1.24 bits per heavy atom. The fourth-order valence-corrected chi connectivity index (χ4v) is 2.22. The predicted molar refractivity (Wildman–Crippen MR) is 88.1 cm³/mol. The quantitative estimate of drug-likeness (QED) is 0.739. The number of methoxy groups -OCH3 is 1. The minimum atomic E-state index is -0.384. The van der Waals surface area contributed by atoms with Crippen LogP contribution in [0, 0.1) is 5.82 Å². The third-order valence-corrected chi connectivity index (χ3v) is 3.44. The molecule has 2 aromatic carbocycles. The van der Waals surface area contributed by atoms with Gasteiger partial charge in [0.15, 0.2) is 0 Å². The molecule has 0 unspecified atom stereocenters. The first kappa shape index (κ1) is 16.6.